The Hall–Kier alpha value is -1.56. The lowest BCUT2D eigenvalue weighted by molar-refractivity contribution is -0.175. The van der Waals surface area contributed by atoms with Crippen LogP contribution in [-0.4, -0.2) is 63.5 Å². The maximum atomic E-state index is 13.0. The van der Waals surface area contributed by atoms with Crippen LogP contribution in [0, 0.1) is 6.92 Å². The molecule has 1 N–H and O–H groups in total. The molecule has 0 amide bonds. The largest absolute Gasteiger partial charge is 0.464 e. The molecule has 2 saturated heterocycles. The molecule has 0 aromatic heterocycles. The molecule has 1 aromatic carbocycles. The highest BCUT2D eigenvalue weighted by molar-refractivity contribution is 7.89. The summed E-state index contributed by atoms with van der Waals surface area (Å²) in [7, 11) is -3.92. The van der Waals surface area contributed by atoms with Crippen LogP contribution in [0.2, 0.25) is 0 Å². The minimum atomic E-state index is -3.92. The monoisotopic (exact) mass is 457 g/mol. The number of esters is 1. The van der Waals surface area contributed by atoms with Crippen LogP contribution >= 0.6 is 0 Å². The fourth-order valence-electron chi connectivity index (χ4n) is 3.68. The molecule has 2 aliphatic rings. The van der Waals surface area contributed by atoms with E-state index in [1.165, 1.54) is 19.1 Å². The number of rotatable bonds is 7. The molecule has 10 heteroatoms. The second-order valence-corrected chi connectivity index (χ2v) is 10.5. The van der Waals surface area contributed by atoms with Gasteiger partial charge < -0.3 is 23.7 Å². The number of benzene rings is 1. The maximum absolute atomic E-state index is 13.0. The molecule has 9 nitrogen and oxygen atoms in total. The second-order valence-electron chi connectivity index (χ2n) is 8.78. The minimum Gasteiger partial charge on any atom is -0.464 e. The summed E-state index contributed by atoms with van der Waals surface area (Å²) in [6.07, 6.45) is -1.90. The van der Waals surface area contributed by atoms with Crippen LogP contribution < -0.4 is 4.72 Å². The Bertz CT molecular complexity index is 896. The zero-order chi connectivity index (χ0) is 23.0. The third-order valence-corrected chi connectivity index (χ3v) is 6.57. The Morgan fingerprint density at radius 1 is 1.13 bits per heavy atom. The Kier molecular flexibility index (Phi) is 6.81. The minimum absolute atomic E-state index is 0.0993. The van der Waals surface area contributed by atoms with Gasteiger partial charge in [-0.25, -0.2) is 13.1 Å². The van der Waals surface area contributed by atoms with Crippen LogP contribution in [0.5, 0.6) is 0 Å². The summed E-state index contributed by atoms with van der Waals surface area (Å²) in [4.78, 5) is 11.6. The summed E-state index contributed by atoms with van der Waals surface area (Å²) in [6, 6.07) is 5.55. The molecule has 0 saturated carbocycles. The van der Waals surface area contributed by atoms with Gasteiger partial charge in [-0.15, -0.1) is 0 Å². The van der Waals surface area contributed by atoms with Gasteiger partial charge in [0.1, 0.15) is 24.9 Å². The van der Waals surface area contributed by atoms with E-state index < -0.39 is 51.9 Å². The van der Waals surface area contributed by atoms with Crippen molar-refractivity contribution in [1.82, 2.24) is 4.72 Å². The Labute approximate surface area is 183 Å². The molecule has 1 aromatic rings. The topological polar surface area (TPSA) is 109 Å². The SMILES string of the molecule is CC(=O)OC[C@@H](NS(=O)(=O)c1ccc(C)cc1)[C@H]1OC(C)(C)O[C@@H]1[C@H]1COC(C)(C)O1. The fourth-order valence-corrected chi connectivity index (χ4v) is 4.91. The molecular weight excluding hydrogens is 426 g/mol. The number of ether oxygens (including phenoxy) is 5. The highest BCUT2D eigenvalue weighted by atomic mass is 32.2. The summed E-state index contributed by atoms with van der Waals surface area (Å²) >= 11 is 0. The molecule has 2 fully saturated rings. The van der Waals surface area contributed by atoms with Crippen LogP contribution in [0.15, 0.2) is 29.2 Å². The van der Waals surface area contributed by atoms with Crippen molar-refractivity contribution in [2.24, 2.45) is 0 Å². The molecule has 0 unspecified atom stereocenters. The van der Waals surface area contributed by atoms with E-state index in [0.717, 1.165) is 5.56 Å². The number of nitrogens with one attached hydrogen (secondary N) is 1. The summed E-state index contributed by atoms with van der Waals surface area (Å²) < 4.78 is 57.6. The summed E-state index contributed by atoms with van der Waals surface area (Å²) in [5.74, 6) is -2.32. The lowest BCUT2D eigenvalue weighted by Crippen LogP contribution is -2.53. The first-order valence-electron chi connectivity index (χ1n) is 10.2. The number of sulfonamides is 1. The predicted octanol–water partition coefficient (Wildman–Crippen LogP) is 1.88. The van der Waals surface area contributed by atoms with Crippen molar-refractivity contribution in [2.45, 2.75) is 82.4 Å². The number of hydrogen-bond acceptors (Lipinski definition) is 8. The van der Waals surface area contributed by atoms with Gasteiger partial charge in [0.25, 0.3) is 0 Å². The van der Waals surface area contributed by atoms with Crippen molar-refractivity contribution in [3.63, 3.8) is 0 Å². The van der Waals surface area contributed by atoms with Crippen molar-refractivity contribution in [1.29, 1.82) is 0 Å². The molecule has 2 heterocycles. The third-order valence-electron chi connectivity index (χ3n) is 5.06. The van der Waals surface area contributed by atoms with Crippen molar-refractivity contribution >= 4 is 16.0 Å². The van der Waals surface area contributed by atoms with Crippen LogP contribution in [0.3, 0.4) is 0 Å². The first kappa shape index (κ1) is 24.1. The highest BCUT2D eigenvalue weighted by Gasteiger charge is 2.53. The molecule has 0 spiro atoms. The number of carbonyl (C=O) groups excluding carboxylic acids is 1. The molecule has 2 aliphatic heterocycles. The smallest absolute Gasteiger partial charge is 0.302 e. The van der Waals surface area contributed by atoms with Crippen molar-refractivity contribution in [3.05, 3.63) is 29.8 Å². The van der Waals surface area contributed by atoms with E-state index in [2.05, 4.69) is 4.72 Å². The van der Waals surface area contributed by atoms with Gasteiger partial charge in [0.2, 0.25) is 10.0 Å². The average Bonchev–Trinajstić information content (AvgIpc) is 3.17. The van der Waals surface area contributed by atoms with E-state index in [4.69, 9.17) is 23.7 Å². The normalized spacial score (nSPS) is 28.4. The first-order valence-corrected chi connectivity index (χ1v) is 11.7. The van der Waals surface area contributed by atoms with E-state index in [9.17, 15) is 13.2 Å². The first-order chi connectivity index (χ1) is 14.3. The maximum Gasteiger partial charge on any atom is 0.302 e. The summed E-state index contributed by atoms with van der Waals surface area (Å²) in [6.45, 7) is 10.2. The molecule has 0 bridgehead atoms. The fraction of sp³-hybridized carbons (Fsp3) is 0.667. The van der Waals surface area contributed by atoms with Gasteiger partial charge >= 0.3 is 5.97 Å². The lowest BCUT2D eigenvalue weighted by atomic mass is 10.0. The highest BCUT2D eigenvalue weighted by Crippen LogP contribution is 2.37. The van der Waals surface area contributed by atoms with E-state index >= 15 is 0 Å². The second kappa shape index (κ2) is 8.76. The molecule has 4 atom stereocenters. The van der Waals surface area contributed by atoms with Crippen LogP contribution in [0.4, 0.5) is 0 Å². The Balaban J connectivity index is 1.88. The molecular formula is C21H31NO8S. The van der Waals surface area contributed by atoms with Gasteiger partial charge in [-0.05, 0) is 46.8 Å². The Morgan fingerprint density at radius 2 is 1.77 bits per heavy atom. The zero-order valence-corrected chi connectivity index (χ0v) is 19.5. The zero-order valence-electron chi connectivity index (χ0n) is 18.7. The number of hydrogen-bond donors (Lipinski definition) is 1. The van der Waals surface area contributed by atoms with Gasteiger partial charge in [-0.2, -0.15) is 0 Å². The third kappa shape index (κ3) is 6.03. The van der Waals surface area contributed by atoms with Gasteiger partial charge in [0.05, 0.1) is 17.5 Å². The molecule has 0 aliphatic carbocycles. The standard InChI is InChI=1S/C21H31NO8S/c1-13-7-9-15(10-8-13)31(24,25)22-16(11-26-14(2)23)18-19(30-21(5,6)29-18)17-12-27-20(3,4)28-17/h7-10,16-19,22H,11-12H2,1-6H3/t16-,17-,18-,19-/m1/s1. The van der Waals surface area contributed by atoms with Crippen LogP contribution in [-0.2, 0) is 38.5 Å². The quantitative estimate of drug-likeness (QED) is 0.618. The van der Waals surface area contributed by atoms with E-state index in [0.29, 0.717) is 0 Å². The summed E-state index contributed by atoms with van der Waals surface area (Å²) in [5.41, 5.74) is 0.936. The van der Waals surface area contributed by atoms with Crippen LogP contribution in [0.1, 0.15) is 40.2 Å². The van der Waals surface area contributed by atoms with Crippen molar-refractivity contribution < 1.29 is 36.9 Å². The molecule has 0 radical (unpaired) electrons. The molecule has 174 valence electrons. The molecule has 3 rings (SSSR count). The van der Waals surface area contributed by atoms with Crippen LogP contribution in [0.25, 0.3) is 0 Å². The van der Waals surface area contributed by atoms with E-state index in [1.54, 1.807) is 39.8 Å². The number of aryl methyl sites for hydroxylation is 1. The van der Waals surface area contributed by atoms with Crippen molar-refractivity contribution in [2.75, 3.05) is 13.2 Å². The predicted molar refractivity (Wildman–Crippen MR) is 111 cm³/mol. The summed E-state index contributed by atoms with van der Waals surface area (Å²) in [5, 5.41) is 0. The van der Waals surface area contributed by atoms with Gasteiger partial charge in [-0.3, -0.25) is 4.79 Å². The van der Waals surface area contributed by atoms with Gasteiger partial charge in [0.15, 0.2) is 11.6 Å². The Morgan fingerprint density at radius 3 is 2.32 bits per heavy atom. The van der Waals surface area contributed by atoms with E-state index in [-0.39, 0.29) is 18.1 Å². The lowest BCUT2D eigenvalue weighted by Gasteiger charge is -2.29. The van der Waals surface area contributed by atoms with E-state index in [1.807, 2.05) is 6.92 Å². The van der Waals surface area contributed by atoms with Gasteiger partial charge in [-0.1, -0.05) is 17.7 Å². The number of carbonyl (C=O) groups is 1. The average molecular weight is 458 g/mol. The molecule has 31 heavy (non-hydrogen) atoms. The van der Waals surface area contributed by atoms with Gasteiger partial charge in [0, 0.05) is 6.92 Å². The van der Waals surface area contributed by atoms with Crippen molar-refractivity contribution in [3.8, 4) is 0 Å².